The normalized spacial score (nSPS) is 21.5. The molecule has 3 rings (SSSR count). The van der Waals surface area contributed by atoms with Crippen molar-refractivity contribution >= 4 is 17.5 Å². The van der Waals surface area contributed by atoms with Crippen LogP contribution in [0.5, 0.6) is 0 Å². The van der Waals surface area contributed by atoms with Gasteiger partial charge in [0.15, 0.2) is 0 Å². The summed E-state index contributed by atoms with van der Waals surface area (Å²) in [5, 5.41) is 5.48. The molecular weight excluding hydrogens is 247 g/mol. The topological polar surface area (TPSA) is 58.2 Å². The Balaban J connectivity index is 1.81. The van der Waals surface area contributed by atoms with Crippen molar-refractivity contribution in [2.24, 2.45) is 5.92 Å². The summed E-state index contributed by atoms with van der Waals surface area (Å²) in [6.07, 6.45) is 2.44. The molecule has 0 aromatic heterocycles. The van der Waals surface area contributed by atoms with E-state index in [9.17, 15) is 14.0 Å². The van der Waals surface area contributed by atoms with Crippen LogP contribution in [0.25, 0.3) is 0 Å². The summed E-state index contributed by atoms with van der Waals surface area (Å²) in [6.45, 7) is 0.674. The Bertz CT molecular complexity index is 540. The third-order valence-corrected chi connectivity index (χ3v) is 3.63. The number of carbonyl (C=O) groups excluding carboxylic acids is 2. The molecule has 1 unspecified atom stereocenters. The summed E-state index contributed by atoms with van der Waals surface area (Å²) >= 11 is 0. The lowest BCUT2D eigenvalue weighted by molar-refractivity contribution is -0.126. The molecule has 2 N–H and O–H groups in total. The highest BCUT2D eigenvalue weighted by Crippen LogP contribution is 2.33. The van der Waals surface area contributed by atoms with Crippen LogP contribution < -0.4 is 10.6 Å². The van der Waals surface area contributed by atoms with Crippen molar-refractivity contribution in [1.82, 2.24) is 5.32 Å². The highest BCUT2D eigenvalue weighted by Gasteiger charge is 2.31. The molecule has 1 heterocycles. The largest absolute Gasteiger partial charge is 0.355 e. The standard InChI is InChI=1S/C14H15FN2O2/c15-9-3-4-10-11(6-13(18)17-12(10)5-9)14(19)16-7-8-1-2-8/h3-5,8,11H,1-2,6-7H2,(H,16,19)(H,17,18). The quantitative estimate of drug-likeness (QED) is 0.872. The first kappa shape index (κ1) is 12.1. The highest BCUT2D eigenvalue weighted by atomic mass is 19.1. The number of benzene rings is 1. The van der Waals surface area contributed by atoms with Crippen molar-refractivity contribution in [3.8, 4) is 0 Å². The number of hydrogen-bond acceptors (Lipinski definition) is 2. The second-order valence-corrected chi connectivity index (χ2v) is 5.22. The maximum absolute atomic E-state index is 13.2. The Labute approximate surface area is 110 Å². The number of fused-ring (bicyclic) bond motifs is 1. The Kier molecular flexibility index (Phi) is 2.97. The summed E-state index contributed by atoms with van der Waals surface area (Å²) < 4.78 is 13.2. The summed E-state index contributed by atoms with van der Waals surface area (Å²) in [5.74, 6) is -0.727. The molecule has 2 amide bonds. The zero-order chi connectivity index (χ0) is 13.4. The molecule has 0 bridgehead atoms. The number of amides is 2. The molecule has 0 spiro atoms. The van der Waals surface area contributed by atoms with Gasteiger partial charge in [-0.1, -0.05) is 6.07 Å². The molecule has 1 aromatic rings. The number of carbonyl (C=O) groups is 2. The first-order valence-electron chi connectivity index (χ1n) is 6.50. The molecule has 1 aromatic carbocycles. The van der Waals surface area contributed by atoms with Gasteiger partial charge in [-0.15, -0.1) is 0 Å². The fourth-order valence-corrected chi connectivity index (χ4v) is 2.36. The summed E-state index contributed by atoms with van der Waals surface area (Å²) in [5.41, 5.74) is 1.09. The van der Waals surface area contributed by atoms with Crippen LogP contribution in [0.15, 0.2) is 18.2 Å². The van der Waals surface area contributed by atoms with Gasteiger partial charge in [-0.3, -0.25) is 9.59 Å². The monoisotopic (exact) mass is 262 g/mol. The van der Waals surface area contributed by atoms with E-state index >= 15 is 0 Å². The van der Waals surface area contributed by atoms with Crippen molar-refractivity contribution < 1.29 is 14.0 Å². The fourth-order valence-electron chi connectivity index (χ4n) is 2.36. The second kappa shape index (κ2) is 4.64. The molecule has 1 fully saturated rings. The van der Waals surface area contributed by atoms with Gasteiger partial charge in [-0.2, -0.15) is 0 Å². The lowest BCUT2D eigenvalue weighted by atomic mass is 9.89. The Hall–Kier alpha value is -1.91. The van der Waals surface area contributed by atoms with Gasteiger partial charge in [-0.25, -0.2) is 4.39 Å². The lowest BCUT2D eigenvalue weighted by Crippen LogP contribution is -2.36. The zero-order valence-electron chi connectivity index (χ0n) is 10.4. The Morgan fingerprint density at radius 2 is 2.21 bits per heavy atom. The van der Waals surface area contributed by atoms with E-state index in [0.29, 0.717) is 23.7 Å². The van der Waals surface area contributed by atoms with E-state index in [1.807, 2.05) is 0 Å². The molecular formula is C14H15FN2O2. The first-order valence-corrected chi connectivity index (χ1v) is 6.50. The predicted molar refractivity (Wildman–Crippen MR) is 68.1 cm³/mol. The predicted octanol–water partition coefficient (Wildman–Crippen LogP) is 1.78. The van der Waals surface area contributed by atoms with Gasteiger partial charge >= 0.3 is 0 Å². The highest BCUT2D eigenvalue weighted by molar-refractivity contribution is 6.01. The van der Waals surface area contributed by atoms with Gasteiger partial charge < -0.3 is 10.6 Å². The first-order chi connectivity index (χ1) is 9.13. The van der Waals surface area contributed by atoms with Crippen LogP contribution in [-0.2, 0) is 9.59 Å². The Morgan fingerprint density at radius 3 is 2.95 bits per heavy atom. The number of nitrogens with one attached hydrogen (secondary N) is 2. The van der Waals surface area contributed by atoms with Crippen molar-refractivity contribution in [2.75, 3.05) is 11.9 Å². The maximum atomic E-state index is 13.2. The average Bonchev–Trinajstić information content (AvgIpc) is 3.18. The van der Waals surface area contributed by atoms with E-state index in [0.717, 1.165) is 12.8 Å². The Morgan fingerprint density at radius 1 is 1.42 bits per heavy atom. The molecule has 0 saturated heterocycles. The van der Waals surface area contributed by atoms with E-state index in [1.54, 1.807) is 6.07 Å². The van der Waals surface area contributed by atoms with Crippen molar-refractivity contribution in [3.63, 3.8) is 0 Å². The molecule has 2 aliphatic rings. The van der Waals surface area contributed by atoms with Crippen LogP contribution in [0.3, 0.4) is 0 Å². The van der Waals surface area contributed by atoms with E-state index in [4.69, 9.17) is 0 Å². The summed E-state index contributed by atoms with van der Waals surface area (Å²) in [4.78, 5) is 23.7. The van der Waals surface area contributed by atoms with Gasteiger partial charge in [0.25, 0.3) is 0 Å². The van der Waals surface area contributed by atoms with Crippen LogP contribution in [-0.4, -0.2) is 18.4 Å². The summed E-state index contributed by atoms with van der Waals surface area (Å²) in [7, 11) is 0. The van der Waals surface area contributed by atoms with Gasteiger partial charge in [0.05, 0.1) is 5.92 Å². The van der Waals surface area contributed by atoms with Crippen LogP contribution in [0.2, 0.25) is 0 Å². The smallest absolute Gasteiger partial charge is 0.228 e. The lowest BCUT2D eigenvalue weighted by Gasteiger charge is -2.24. The number of rotatable bonds is 3. The van der Waals surface area contributed by atoms with Crippen LogP contribution in [0, 0.1) is 11.7 Å². The minimum absolute atomic E-state index is 0.120. The SMILES string of the molecule is O=C1CC(C(=O)NCC2CC2)c2ccc(F)cc2N1. The molecule has 100 valence electrons. The van der Waals surface area contributed by atoms with Gasteiger partial charge in [0, 0.05) is 18.7 Å². The third-order valence-electron chi connectivity index (χ3n) is 3.63. The minimum atomic E-state index is -0.511. The van der Waals surface area contributed by atoms with Crippen molar-refractivity contribution in [3.05, 3.63) is 29.6 Å². The number of halogens is 1. The molecule has 1 atom stereocenters. The van der Waals surface area contributed by atoms with Crippen LogP contribution in [0.4, 0.5) is 10.1 Å². The van der Waals surface area contributed by atoms with Crippen LogP contribution in [0.1, 0.15) is 30.7 Å². The van der Waals surface area contributed by atoms with E-state index in [-0.39, 0.29) is 18.2 Å². The van der Waals surface area contributed by atoms with Gasteiger partial charge in [0.2, 0.25) is 11.8 Å². The summed E-state index contributed by atoms with van der Waals surface area (Å²) in [6, 6.07) is 4.15. The zero-order valence-corrected chi connectivity index (χ0v) is 10.4. The van der Waals surface area contributed by atoms with Crippen molar-refractivity contribution in [1.29, 1.82) is 0 Å². The van der Waals surface area contributed by atoms with Gasteiger partial charge in [0.1, 0.15) is 5.82 Å². The molecule has 0 radical (unpaired) electrons. The van der Waals surface area contributed by atoms with E-state index < -0.39 is 11.7 Å². The molecule has 1 saturated carbocycles. The molecule has 19 heavy (non-hydrogen) atoms. The molecule has 1 aliphatic carbocycles. The number of hydrogen-bond donors (Lipinski definition) is 2. The average molecular weight is 262 g/mol. The minimum Gasteiger partial charge on any atom is -0.355 e. The second-order valence-electron chi connectivity index (χ2n) is 5.22. The van der Waals surface area contributed by atoms with Crippen molar-refractivity contribution in [2.45, 2.75) is 25.2 Å². The maximum Gasteiger partial charge on any atom is 0.228 e. The molecule has 4 nitrogen and oxygen atoms in total. The molecule has 1 aliphatic heterocycles. The van der Waals surface area contributed by atoms with E-state index in [2.05, 4.69) is 10.6 Å². The van der Waals surface area contributed by atoms with Gasteiger partial charge in [-0.05, 0) is 36.5 Å². The fraction of sp³-hybridized carbons (Fsp3) is 0.429. The third kappa shape index (κ3) is 2.59. The van der Waals surface area contributed by atoms with E-state index in [1.165, 1.54) is 12.1 Å². The number of anilines is 1. The van der Waals surface area contributed by atoms with Crippen LogP contribution >= 0.6 is 0 Å². The molecule has 5 heteroatoms.